The third-order valence-corrected chi connectivity index (χ3v) is 2.98. The smallest absolute Gasteiger partial charge is 0.249 e. The van der Waals surface area contributed by atoms with Crippen LogP contribution in [0.2, 0.25) is 10.0 Å². The van der Waals surface area contributed by atoms with Gasteiger partial charge in [-0.1, -0.05) is 41.4 Å². The molecular weight excluding hydrogens is 257 g/mol. The summed E-state index contributed by atoms with van der Waals surface area (Å²) in [5, 5.41) is 1.09. The van der Waals surface area contributed by atoms with Gasteiger partial charge in [0, 0.05) is 21.2 Å². The number of rotatable bonds is 2. The van der Waals surface area contributed by atoms with Crippen molar-refractivity contribution in [2.75, 3.05) is 0 Å². The average Bonchev–Trinajstić information content (AvgIpc) is 2.32. The number of carbonyl (C=O) groups is 1. The van der Waals surface area contributed by atoms with Crippen LogP contribution in [0.3, 0.4) is 0 Å². The van der Waals surface area contributed by atoms with E-state index in [-0.39, 0.29) is 0 Å². The lowest BCUT2D eigenvalue weighted by molar-refractivity contribution is 0.100. The Kier molecular flexibility index (Phi) is 3.36. The van der Waals surface area contributed by atoms with Crippen molar-refractivity contribution in [1.82, 2.24) is 0 Å². The van der Waals surface area contributed by atoms with Crippen molar-refractivity contribution in [2.24, 2.45) is 5.73 Å². The Hall–Kier alpha value is -1.51. The van der Waals surface area contributed by atoms with E-state index in [0.29, 0.717) is 26.7 Å². The molecule has 0 atom stereocenters. The van der Waals surface area contributed by atoms with Crippen LogP contribution in [0.5, 0.6) is 0 Å². The standard InChI is InChI=1S/C13H9Cl2NO/c14-8-5-6-12(15)11(7-8)9-3-1-2-4-10(9)13(16)17/h1-7H,(H2,16,17). The average molecular weight is 266 g/mol. The van der Waals surface area contributed by atoms with Crippen LogP contribution in [0.1, 0.15) is 10.4 Å². The Balaban J connectivity index is 2.68. The van der Waals surface area contributed by atoms with Crippen molar-refractivity contribution >= 4 is 29.1 Å². The SMILES string of the molecule is NC(=O)c1ccccc1-c1cc(Cl)ccc1Cl. The summed E-state index contributed by atoms with van der Waals surface area (Å²) in [4.78, 5) is 11.3. The zero-order valence-corrected chi connectivity index (χ0v) is 10.3. The summed E-state index contributed by atoms with van der Waals surface area (Å²) in [5.74, 6) is -0.489. The Morgan fingerprint density at radius 1 is 1.00 bits per heavy atom. The first-order valence-electron chi connectivity index (χ1n) is 4.94. The molecule has 0 fully saturated rings. The Bertz CT molecular complexity index is 581. The van der Waals surface area contributed by atoms with Gasteiger partial charge in [0.25, 0.3) is 0 Å². The largest absolute Gasteiger partial charge is 0.366 e. The molecule has 17 heavy (non-hydrogen) atoms. The number of primary amides is 1. The highest BCUT2D eigenvalue weighted by Gasteiger charge is 2.12. The summed E-state index contributed by atoms with van der Waals surface area (Å²) in [6.45, 7) is 0. The maximum Gasteiger partial charge on any atom is 0.249 e. The number of hydrogen-bond donors (Lipinski definition) is 1. The lowest BCUT2D eigenvalue weighted by atomic mass is 9.99. The van der Waals surface area contributed by atoms with Gasteiger partial charge in [0.2, 0.25) is 5.91 Å². The predicted molar refractivity (Wildman–Crippen MR) is 70.4 cm³/mol. The van der Waals surface area contributed by atoms with Gasteiger partial charge in [-0.2, -0.15) is 0 Å². The minimum absolute atomic E-state index is 0.427. The van der Waals surface area contributed by atoms with E-state index >= 15 is 0 Å². The van der Waals surface area contributed by atoms with Gasteiger partial charge in [0.1, 0.15) is 0 Å². The highest BCUT2D eigenvalue weighted by molar-refractivity contribution is 6.35. The molecule has 0 heterocycles. The van der Waals surface area contributed by atoms with Gasteiger partial charge in [0.15, 0.2) is 0 Å². The normalized spacial score (nSPS) is 10.2. The lowest BCUT2D eigenvalue weighted by Crippen LogP contribution is -2.12. The van der Waals surface area contributed by atoms with Crippen LogP contribution in [-0.2, 0) is 0 Å². The van der Waals surface area contributed by atoms with Crippen LogP contribution in [0.15, 0.2) is 42.5 Å². The van der Waals surface area contributed by atoms with Crippen LogP contribution in [0.4, 0.5) is 0 Å². The van der Waals surface area contributed by atoms with E-state index in [2.05, 4.69) is 0 Å². The first-order valence-corrected chi connectivity index (χ1v) is 5.69. The maximum absolute atomic E-state index is 11.3. The zero-order chi connectivity index (χ0) is 12.4. The Labute approximate surface area is 109 Å². The fourth-order valence-electron chi connectivity index (χ4n) is 1.64. The fraction of sp³-hybridized carbons (Fsp3) is 0. The van der Waals surface area contributed by atoms with Crippen LogP contribution < -0.4 is 5.73 Å². The predicted octanol–water partition coefficient (Wildman–Crippen LogP) is 3.76. The molecule has 2 N–H and O–H groups in total. The molecule has 0 aliphatic heterocycles. The molecule has 4 heteroatoms. The van der Waals surface area contributed by atoms with Gasteiger partial charge in [-0.3, -0.25) is 4.79 Å². The van der Waals surface area contributed by atoms with Crippen molar-refractivity contribution in [3.63, 3.8) is 0 Å². The number of hydrogen-bond acceptors (Lipinski definition) is 1. The van der Waals surface area contributed by atoms with Gasteiger partial charge in [-0.05, 0) is 29.8 Å². The van der Waals surface area contributed by atoms with E-state index in [0.717, 1.165) is 0 Å². The van der Waals surface area contributed by atoms with Gasteiger partial charge in [-0.25, -0.2) is 0 Å². The van der Waals surface area contributed by atoms with E-state index in [1.54, 1.807) is 36.4 Å². The molecule has 2 aromatic carbocycles. The number of halogens is 2. The second-order valence-corrected chi connectivity index (χ2v) is 4.38. The molecule has 0 unspecified atom stereocenters. The summed E-state index contributed by atoms with van der Waals surface area (Å²) in [6, 6.07) is 12.1. The first kappa shape index (κ1) is 12.0. The molecular formula is C13H9Cl2NO. The van der Waals surface area contributed by atoms with E-state index in [1.807, 2.05) is 6.07 Å². The molecule has 0 spiro atoms. The number of amides is 1. The van der Waals surface area contributed by atoms with Crippen molar-refractivity contribution in [1.29, 1.82) is 0 Å². The highest BCUT2D eigenvalue weighted by Crippen LogP contribution is 2.32. The highest BCUT2D eigenvalue weighted by atomic mass is 35.5. The van der Waals surface area contributed by atoms with E-state index in [4.69, 9.17) is 28.9 Å². The maximum atomic E-state index is 11.3. The lowest BCUT2D eigenvalue weighted by Gasteiger charge is -2.09. The van der Waals surface area contributed by atoms with Gasteiger partial charge in [0.05, 0.1) is 0 Å². The van der Waals surface area contributed by atoms with Crippen molar-refractivity contribution in [2.45, 2.75) is 0 Å². The zero-order valence-electron chi connectivity index (χ0n) is 8.78. The second-order valence-electron chi connectivity index (χ2n) is 3.53. The minimum atomic E-state index is -0.489. The van der Waals surface area contributed by atoms with Crippen LogP contribution in [0.25, 0.3) is 11.1 Å². The fourth-order valence-corrected chi connectivity index (χ4v) is 2.03. The first-order chi connectivity index (χ1) is 8.09. The van der Waals surface area contributed by atoms with E-state index in [9.17, 15) is 4.79 Å². The van der Waals surface area contributed by atoms with Crippen molar-refractivity contribution < 1.29 is 4.79 Å². The summed E-state index contributed by atoms with van der Waals surface area (Å²) in [6.07, 6.45) is 0. The molecule has 0 aromatic heterocycles. The minimum Gasteiger partial charge on any atom is -0.366 e. The van der Waals surface area contributed by atoms with Gasteiger partial charge >= 0.3 is 0 Å². The Morgan fingerprint density at radius 2 is 1.71 bits per heavy atom. The quantitative estimate of drug-likeness (QED) is 0.883. The molecule has 2 nitrogen and oxygen atoms in total. The number of nitrogens with two attached hydrogens (primary N) is 1. The topological polar surface area (TPSA) is 43.1 Å². The number of carbonyl (C=O) groups excluding carboxylic acids is 1. The molecule has 0 bridgehead atoms. The van der Waals surface area contributed by atoms with E-state index < -0.39 is 5.91 Å². The summed E-state index contributed by atoms with van der Waals surface area (Å²) in [5.41, 5.74) is 7.14. The monoisotopic (exact) mass is 265 g/mol. The van der Waals surface area contributed by atoms with E-state index in [1.165, 1.54) is 0 Å². The van der Waals surface area contributed by atoms with Gasteiger partial charge in [-0.15, -0.1) is 0 Å². The molecule has 0 saturated carbocycles. The molecule has 2 rings (SSSR count). The summed E-state index contributed by atoms with van der Waals surface area (Å²) >= 11 is 12.0. The van der Waals surface area contributed by atoms with Crippen LogP contribution in [0, 0.1) is 0 Å². The second kappa shape index (κ2) is 4.78. The molecule has 0 saturated heterocycles. The summed E-state index contributed by atoms with van der Waals surface area (Å²) < 4.78 is 0. The molecule has 2 aromatic rings. The summed E-state index contributed by atoms with van der Waals surface area (Å²) in [7, 11) is 0. The third kappa shape index (κ3) is 2.43. The molecule has 0 aliphatic carbocycles. The molecule has 0 radical (unpaired) electrons. The van der Waals surface area contributed by atoms with Crippen molar-refractivity contribution in [3.8, 4) is 11.1 Å². The number of benzene rings is 2. The molecule has 0 aliphatic rings. The molecule has 86 valence electrons. The van der Waals surface area contributed by atoms with Crippen LogP contribution >= 0.6 is 23.2 Å². The Morgan fingerprint density at radius 3 is 2.41 bits per heavy atom. The van der Waals surface area contributed by atoms with Crippen LogP contribution in [-0.4, -0.2) is 5.91 Å². The van der Waals surface area contributed by atoms with Gasteiger partial charge < -0.3 is 5.73 Å². The third-order valence-electron chi connectivity index (χ3n) is 2.41. The molecule has 1 amide bonds. The van der Waals surface area contributed by atoms with Crippen molar-refractivity contribution in [3.05, 3.63) is 58.1 Å².